The number of hydrogen-bond donors (Lipinski definition) is 2. The Morgan fingerprint density at radius 1 is 1.09 bits per heavy atom. The van der Waals surface area contributed by atoms with Crippen molar-refractivity contribution in [2.75, 3.05) is 0 Å². The lowest BCUT2D eigenvalue weighted by molar-refractivity contribution is -0.121. The highest BCUT2D eigenvalue weighted by atomic mass is 16.1. The number of aromatic nitrogens is 5. The van der Waals surface area contributed by atoms with E-state index < -0.39 is 5.91 Å². The lowest BCUT2D eigenvalue weighted by Crippen LogP contribution is -2.24. The predicted octanol–water partition coefficient (Wildman–Crippen LogP) is 1.94. The molecule has 0 saturated heterocycles. The number of carbonyl (C=O) groups excluding carboxylic acids is 2. The summed E-state index contributed by atoms with van der Waals surface area (Å²) in [6.45, 7) is 4.87. The topological polar surface area (TPSA) is 120 Å². The van der Waals surface area contributed by atoms with Crippen LogP contribution in [0.5, 0.6) is 0 Å². The minimum absolute atomic E-state index is 0.0453. The zero-order valence-corrected chi connectivity index (χ0v) is 18.1. The molecule has 0 spiro atoms. The number of benzene rings is 1. The molecule has 3 aromatic heterocycles. The maximum absolute atomic E-state index is 12.6. The number of nitrogens with one attached hydrogen (secondary N) is 1. The highest BCUT2D eigenvalue weighted by Crippen LogP contribution is 2.18. The van der Waals surface area contributed by atoms with Crippen molar-refractivity contribution in [1.82, 2.24) is 29.7 Å². The van der Waals surface area contributed by atoms with Crippen LogP contribution in [0.25, 0.3) is 5.65 Å². The molecule has 0 aliphatic heterocycles. The largest absolute Gasteiger partial charge is 0.365 e. The summed E-state index contributed by atoms with van der Waals surface area (Å²) in [6, 6.07) is 9.89. The molecule has 4 aromatic rings. The zero-order valence-electron chi connectivity index (χ0n) is 18.1. The minimum atomic E-state index is -0.564. The smallest absolute Gasteiger partial charge is 0.254 e. The second-order valence-electron chi connectivity index (χ2n) is 7.67. The Labute approximate surface area is 185 Å². The second kappa shape index (κ2) is 9.01. The summed E-state index contributed by atoms with van der Waals surface area (Å²) in [6.07, 6.45) is 5.93. The normalized spacial score (nSPS) is 11.1. The van der Waals surface area contributed by atoms with Crippen LogP contribution in [-0.4, -0.2) is 36.2 Å². The van der Waals surface area contributed by atoms with Crippen LogP contribution in [0.1, 0.15) is 44.9 Å². The maximum Gasteiger partial charge on any atom is 0.254 e. The van der Waals surface area contributed by atoms with Gasteiger partial charge in [0.1, 0.15) is 5.56 Å². The number of hydrogen-bond acceptors (Lipinski definition) is 5. The average Bonchev–Trinajstić information content (AvgIpc) is 3.43. The number of fused-ring (bicyclic) bond motifs is 1. The molecule has 3 heterocycles. The molecule has 4 rings (SSSR count). The van der Waals surface area contributed by atoms with E-state index in [4.69, 9.17) is 5.73 Å². The summed E-state index contributed by atoms with van der Waals surface area (Å²) < 4.78 is 3.46. The molecule has 2 amide bonds. The first-order valence-electron chi connectivity index (χ1n) is 10.4. The Kier molecular flexibility index (Phi) is 5.98. The van der Waals surface area contributed by atoms with Crippen molar-refractivity contribution >= 4 is 17.5 Å². The fourth-order valence-corrected chi connectivity index (χ4v) is 3.82. The van der Waals surface area contributed by atoms with E-state index in [-0.39, 0.29) is 11.5 Å². The molecule has 3 N–H and O–H groups in total. The van der Waals surface area contributed by atoms with Crippen LogP contribution in [0, 0.1) is 13.8 Å². The average molecular weight is 432 g/mol. The molecule has 9 nitrogen and oxygen atoms in total. The van der Waals surface area contributed by atoms with E-state index in [9.17, 15) is 9.59 Å². The predicted molar refractivity (Wildman–Crippen MR) is 119 cm³/mol. The highest BCUT2D eigenvalue weighted by molar-refractivity contribution is 5.98. The molecule has 0 radical (unpaired) electrons. The minimum Gasteiger partial charge on any atom is -0.365 e. The first-order chi connectivity index (χ1) is 15.4. The van der Waals surface area contributed by atoms with Crippen LogP contribution in [0.15, 0.2) is 48.9 Å². The molecule has 0 bridgehead atoms. The Balaban J connectivity index is 1.41. The van der Waals surface area contributed by atoms with Gasteiger partial charge in [0.25, 0.3) is 5.91 Å². The third-order valence-electron chi connectivity index (χ3n) is 5.56. The Bertz CT molecular complexity index is 1280. The molecule has 0 aliphatic rings. The van der Waals surface area contributed by atoms with Crippen molar-refractivity contribution in [3.05, 3.63) is 82.6 Å². The van der Waals surface area contributed by atoms with Crippen molar-refractivity contribution in [3.8, 4) is 0 Å². The summed E-state index contributed by atoms with van der Waals surface area (Å²) in [7, 11) is 0. The summed E-state index contributed by atoms with van der Waals surface area (Å²) in [5.41, 5.74) is 10.8. The van der Waals surface area contributed by atoms with Crippen LogP contribution in [-0.2, 0) is 24.3 Å². The van der Waals surface area contributed by atoms with E-state index >= 15 is 0 Å². The Morgan fingerprint density at radius 3 is 2.59 bits per heavy atom. The first kappa shape index (κ1) is 21.2. The molecule has 0 unspecified atom stereocenters. The number of nitrogens with two attached hydrogens (primary N) is 1. The lowest BCUT2D eigenvalue weighted by Gasteiger charge is -2.13. The molecular weight excluding hydrogens is 406 g/mol. The van der Waals surface area contributed by atoms with Gasteiger partial charge in [-0.25, -0.2) is 9.50 Å². The van der Waals surface area contributed by atoms with Crippen LogP contribution in [0.4, 0.5) is 0 Å². The molecule has 164 valence electrons. The van der Waals surface area contributed by atoms with Crippen LogP contribution in [0.2, 0.25) is 0 Å². The maximum atomic E-state index is 12.6. The number of primary amides is 1. The van der Waals surface area contributed by atoms with Gasteiger partial charge in [-0.2, -0.15) is 10.2 Å². The van der Waals surface area contributed by atoms with E-state index in [0.717, 1.165) is 28.1 Å². The first-order valence-corrected chi connectivity index (χ1v) is 10.4. The van der Waals surface area contributed by atoms with Gasteiger partial charge in [-0.3, -0.25) is 14.3 Å². The van der Waals surface area contributed by atoms with Gasteiger partial charge in [0, 0.05) is 36.7 Å². The van der Waals surface area contributed by atoms with E-state index in [1.807, 2.05) is 55.1 Å². The molecule has 0 saturated carbocycles. The van der Waals surface area contributed by atoms with Crippen LogP contribution >= 0.6 is 0 Å². The van der Waals surface area contributed by atoms with E-state index in [1.54, 1.807) is 10.7 Å². The zero-order chi connectivity index (χ0) is 22.7. The molecule has 0 fully saturated rings. The highest BCUT2D eigenvalue weighted by Gasteiger charge is 2.17. The van der Waals surface area contributed by atoms with E-state index in [0.29, 0.717) is 31.6 Å². The van der Waals surface area contributed by atoms with Gasteiger partial charge in [-0.1, -0.05) is 24.3 Å². The quantitative estimate of drug-likeness (QED) is 0.442. The SMILES string of the molecule is Cc1nc2c(C(N)=O)cnn2c(C)c1CCC(=O)NCc1ccccc1Cn1cccn1. The molecule has 0 atom stereocenters. The van der Waals surface area contributed by atoms with Gasteiger partial charge in [0.15, 0.2) is 5.65 Å². The van der Waals surface area contributed by atoms with Crippen molar-refractivity contribution < 1.29 is 9.59 Å². The van der Waals surface area contributed by atoms with Gasteiger partial charge in [-0.05, 0) is 43.0 Å². The molecular formula is C23H25N7O2. The van der Waals surface area contributed by atoms with Gasteiger partial charge < -0.3 is 11.1 Å². The van der Waals surface area contributed by atoms with Crippen LogP contribution in [0.3, 0.4) is 0 Å². The fraction of sp³-hybridized carbons (Fsp3) is 0.261. The Morgan fingerprint density at radius 2 is 1.88 bits per heavy atom. The summed E-state index contributed by atoms with van der Waals surface area (Å²) >= 11 is 0. The third-order valence-corrected chi connectivity index (χ3v) is 5.56. The van der Waals surface area contributed by atoms with Crippen molar-refractivity contribution in [2.24, 2.45) is 5.73 Å². The van der Waals surface area contributed by atoms with Crippen molar-refractivity contribution in [1.29, 1.82) is 0 Å². The number of nitrogens with zero attached hydrogens (tertiary/aromatic N) is 5. The monoisotopic (exact) mass is 431 g/mol. The van der Waals surface area contributed by atoms with Gasteiger partial charge >= 0.3 is 0 Å². The van der Waals surface area contributed by atoms with Crippen molar-refractivity contribution in [2.45, 2.75) is 39.8 Å². The van der Waals surface area contributed by atoms with E-state index in [2.05, 4.69) is 20.5 Å². The fourth-order valence-electron chi connectivity index (χ4n) is 3.82. The second-order valence-corrected chi connectivity index (χ2v) is 7.67. The number of rotatable bonds is 8. The summed E-state index contributed by atoms with van der Waals surface area (Å²) in [5.74, 6) is -0.609. The Hall–Kier alpha value is -4.01. The van der Waals surface area contributed by atoms with Crippen LogP contribution < -0.4 is 11.1 Å². The number of aryl methyl sites for hydroxylation is 2. The standard InChI is InChI=1S/C23H25N7O2/c1-15-19(16(2)30-23(28-15)20(13-27-30)22(24)32)8-9-21(31)25-12-17-6-3-4-7-18(17)14-29-11-5-10-26-29/h3-7,10-11,13H,8-9,12,14H2,1-2H3,(H2,24,32)(H,25,31). The summed E-state index contributed by atoms with van der Waals surface area (Å²) in [5, 5.41) is 11.5. The molecule has 0 aliphatic carbocycles. The van der Waals surface area contributed by atoms with E-state index in [1.165, 1.54) is 6.20 Å². The number of carbonyl (C=O) groups is 2. The van der Waals surface area contributed by atoms with Crippen molar-refractivity contribution in [3.63, 3.8) is 0 Å². The third kappa shape index (κ3) is 4.36. The van der Waals surface area contributed by atoms with Gasteiger partial charge in [0.05, 0.1) is 12.7 Å². The molecule has 1 aromatic carbocycles. The molecule has 9 heteroatoms. The van der Waals surface area contributed by atoms with Gasteiger partial charge in [-0.15, -0.1) is 0 Å². The number of amides is 2. The lowest BCUT2D eigenvalue weighted by atomic mass is 10.1. The summed E-state index contributed by atoms with van der Waals surface area (Å²) in [4.78, 5) is 28.6. The molecule has 32 heavy (non-hydrogen) atoms. The van der Waals surface area contributed by atoms with Gasteiger partial charge in [0.2, 0.25) is 5.91 Å².